The van der Waals surface area contributed by atoms with Gasteiger partial charge in [0, 0.05) is 0 Å². The average molecular weight is 497 g/mol. The Hall–Kier alpha value is -3.02. The van der Waals surface area contributed by atoms with Gasteiger partial charge in [-0.25, -0.2) is 9.59 Å². The SMILES string of the molecule is CCCCCOc1ccc(C(=O)OC2CCC(OC(=O)c3ccc(OCCCCC)cc3)CC2)cc1. The van der Waals surface area contributed by atoms with Crippen LogP contribution in [0.25, 0.3) is 0 Å². The Bertz CT molecular complexity index is 836. The van der Waals surface area contributed by atoms with Gasteiger partial charge in [0.05, 0.1) is 24.3 Å². The highest BCUT2D eigenvalue weighted by Gasteiger charge is 2.27. The molecule has 36 heavy (non-hydrogen) atoms. The van der Waals surface area contributed by atoms with E-state index in [0.29, 0.717) is 50.0 Å². The normalized spacial score (nSPS) is 17.3. The van der Waals surface area contributed by atoms with Gasteiger partial charge < -0.3 is 18.9 Å². The molecule has 0 spiro atoms. The second-order valence-corrected chi connectivity index (χ2v) is 9.37. The van der Waals surface area contributed by atoms with Crippen LogP contribution in [-0.4, -0.2) is 37.4 Å². The third kappa shape index (κ3) is 9.21. The molecule has 3 rings (SSSR count). The fraction of sp³-hybridized carbons (Fsp3) is 0.533. The summed E-state index contributed by atoms with van der Waals surface area (Å²) in [5.74, 6) is 0.869. The highest BCUT2D eigenvalue weighted by atomic mass is 16.6. The largest absolute Gasteiger partial charge is 0.494 e. The highest BCUT2D eigenvalue weighted by molar-refractivity contribution is 5.90. The van der Waals surface area contributed by atoms with E-state index in [2.05, 4.69) is 13.8 Å². The number of hydrogen-bond acceptors (Lipinski definition) is 6. The summed E-state index contributed by atoms with van der Waals surface area (Å²) in [5, 5.41) is 0. The summed E-state index contributed by atoms with van der Waals surface area (Å²) < 4.78 is 22.8. The summed E-state index contributed by atoms with van der Waals surface area (Å²) in [6, 6.07) is 14.2. The first-order valence-corrected chi connectivity index (χ1v) is 13.5. The van der Waals surface area contributed by atoms with Gasteiger partial charge >= 0.3 is 11.9 Å². The lowest BCUT2D eigenvalue weighted by atomic mass is 9.95. The van der Waals surface area contributed by atoms with Crippen molar-refractivity contribution in [2.24, 2.45) is 0 Å². The lowest BCUT2D eigenvalue weighted by Crippen LogP contribution is -2.29. The van der Waals surface area contributed by atoms with Gasteiger partial charge in [-0.2, -0.15) is 0 Å². The minimum atomic E-state index is -0.329. The molecule has 1 aliphatic rings. The summed E-state index contributed by atoms with van der Waals surface area (Å²) >= 11 is 0. The summed E-state index contributed by atoms with van der Waals surface area (Å²) in [7, 11) is 0. The van der Waals surface area contributed by atoms with Crippen LogP contribution in [0.15, 0.2) is 48.5 Å². The van der Waals surface area contributed by atoms with Crippen LogP contribution in [-0.2, 0) is 9.47 Å². The molecule has 0 bridgehead atoms. The van der Waals surface area contributed by atoms with Crippen molar-refractivity contribution in [3.63, 3.8) is 0 Å². The Morgan fingerprint density at radius 2 is 0.972 bits per heavy atom. The van der Waals surface area contributed by atoms with Crippen LogP contribution in [0.5, 0.6) is 11.5 Å². The second kappa shape index (κ2) is 15.2. The number of rotatable bonds is 14. The summed E-state index contributed by atoms with van der Waals surface area (Å²) in [6.45, 7) is 5.69. The van der Waals surface area contributed by atoms with E-state index in [1.807, 2.05) is 24.3 Å². The van der Waals surface area contributed by atoms with E-state index < -0.39 is 0 Å². The molecule has 6 nitrogen and oxygen atoms in total. The maximum Gasteiger partial charge on any atom is 0.338 e. The van der Waals surface area contributed by atoms with Crippen LogP contribution in [0.2, 0.25) is 0 Å². The van der Waals surface area contributed by atoms with Gasteiger partial charge in [0.25, 0.3) is 0 Å². The number of carbonyl (C=O) groups excluding carboxylic acids is 2. The zero-order valence-corrected chi connectivity index (χ0v) is 21.7. The molecule has 0 amide bonds. The maximum atomic E-state index is 12.5. The Labute approximate surface area is 215 Å². The predicted octanol–water partition coefficient (Wildman–Crippen LogP) is 7.15. The lowest BCUT2D eigenvalue weighted by molar-refractivity contribution is -0.0108. The lowest BCUT2D eigenvalue weighted by Gasteiger charge is -2.28. The van der Waals surface area contributed by atoms with Crippen LogP contribution in [0, 0.1) is 0 Å². The topological polar surface area (TPSA) is 71.1 Å². The second-order valence-electron chi connectivity index (χ2n) is 9.37. The Kier molecular flexibility index (Phi) is 11.6. The van der Waals surface area contributed by atoms with Crippen LogP contribution in [0.4, 0.5) is 0 Å². The first kappa shape index (κ1) is 27.6. The molecule has 2 aromatic carbocycles. The van der Waals surface area contributed by atoms with E-state index in [1.54, 1.807) is 24.3 Å². The molecular weight excluding hydrogens is 456 g/mol. The molecule has 2 aromatic rings. The third-order valence-corrected chi connectivity index (χ3v) is 6.38. The average Bonchev–Trinajstić information content (AvgIpc) is 2.91. The van der Waals surface area contributed by atoms with Crippen LogP contribution in [0.1, 0.15) is 98.8 Å². The maximum absolute atomic E-state index is 12.5. The number of unbranched alkanes of at least 4 members (excludes halogenated alkanes) is 4. The van der Waals surface area contributed by atoms with Crippen molar-refractivity contribution in [1.82, 2.24) is 0 Å². The summed E-state index contributed by atoms with van der Waals surface area (Å²) in [5.41, 5.74) is 1.03. The van der Waals surface area contributed by atoms with E-state index in [9.17, 15) is 9.59 Å². The van der Waals surface area contributed by atoms with E-state index in [4.69, 9.17) is 18.9 Å². The Morgan fingerprint density at radius 1 is 0.611 bits per heavy atom. The van der Waals surface area contributed by atoms with Gasteiger partial charge in [0.15, 0.2) is 0 Å². The molecule has 1 fully saturated rings. The van der Waals surface area contributed by atoms with E-state index in [0.717, 1.165) is 50.0 Å². The van der Waals surface area contributed by atoms with Gasteiger partial charge in [-0.1, -0.05) is 39.5 Å². The van der Waals surface area contributed by atoms with Gasteiger partial charge in [-0.05, 0) is 87.1 Å². The molecule has 0 heterocycles. The molecule has 0 saturated heterocycles. The number of ether oxygens (including phenoxy) is 4. The van der Waals surface area contributed by atoms with Gasteiger partial charge in [0.2, 0.25) is 0 Å². The molecule has 6 heteroatoms. The molecule has 0 unspecified atom stereocenters. The molecule has 0 aliphatic heterocycles. The van der Waals surface area contributed by atoms with E-state index in [1.165, 1.54) is 0 Å². The molecule has 0 aromatic heterocycles. The van der Waals surface area contributed by atoms with Crippen molar-refractivity contribution in [3.05, 3.63) is 59.7 Å². The number of carbonyl (C=O) groups is 2. The zero-order valence-electron chi connectivity index (χ0n) is 21.7. The molecule has 0 atom stereocenters. The number of benzene rings is 2. The van der Waals surface area contributed by atoms with Crippen molar-refractivity contribution in [2.45, 2.75) is 90.3 Å². The first-order valence-electron chi connectivity index (χ1n) is 13.5. The van der Waals surface area contributed by atoms with Crippen molar-refractivity contribution >= 4 is 11.9 Å². The Morgan fingerprint density at radius 3 is 1.31 bits per heavy atom. The van der Waals surface area contributed by atoms with E-state index >= 15 is 0 Å². The van der Waals surface area contributed by atoms with Crippen molar-refractivity contribution < 1.29 is 28.5 Å². The monoisotopic (exact) mass is 496 g/mol. The van der Waals surface area contributed by atoms with Crippen LogP contribution >= 0.6 is 0 Å². The fourth-order valence-corrected chi connectivity index (χ4v) is 4.17. The summed E-state index contributed by atoms with van der Waals surface area (Å²) in [4.78, 5) is 25.1. The summed E-state index contributed by atoms with van der Waals surface area (Å²) in [6.07, 6.45) is 9.02. The van der Waals surface area contributed by atoms with Gasteiger partial charge in [-0.3, -0.25) is 0 Å². The molecule has 1 saturated carbocycles. The van der Waals surface area contributed by atoms with Crippen LogP contribution < -0.4 is 9.47 Å². The molecule has 196 valence electrons. The van der Waals surface area contributed by atoms with Crippen LogP contribution in [0.3, 0.4) is 0 Å². The minimum absolute atomic E-state index is 0.165. The van der Waals surface area contributed by atoms with Crippen molar-refractivity contribution in [2.75, 3.05) is 13.2 Å². The highest BCUT2D eigenvalue weighted by Crippen LogP contribution is 2.26. The standard InChI is InChI=1S/C30H40O6/c1-3-5-7-21-33-25-13-9-23(10-14-25)29(31)35-27-17-19-28(20-18-27)36-30(32)24-11-15-26(16-12-24)34-22-8-6-4-2/h9-16,27-28H,3-8,17-22H2,1-2H3. The number of esters is 2. The van der Waals surface area contributed by atoms with Gasteiger partial charge in [0.1, 0.15) is 23.7 Å². The molecule has 0 N–H and O–H groups in total. The third-order valence-electron chi connectivity index (χ3n) is 6.38. The minimum Gasteiger partial charge on any atom is -0.494 e. The Balaban J connectivity index is 1.36. The first-order chi connectivity index (χ1) is 17.6. The molecule has 0 radical (unpaired) electrons. The van der Waals surface area contributed by atoms with Crippen molar-refractivity contribution in [1.29, 1.82) is 0 Å². The fourth-order valence-electron chi connectivity index (χ4n) is 4.17. The predicted molar refractivity (Wildman–Crippen MR) is 140 cm³/mol. The van der Waals surface area contributed by atoms with Gasteiger partial charge in [-0.15, -0.1) is 0 Å². The molecule has 1 aliphatic carbocycles. The quantitative estimate of drug-likeness (QED) is 0.204. The smallest absolute Gasteiger partial charge is 0.338 e. The molecular formula is C30H40O6. The van der Waals surface area contributed by atoms with Crippen molar-refractivity contribution in [3.8, 4) is 11.5 Å². The van der Waals surface area contributed by atoms with E-state index in [-0.39, 0.29) is 24.1 Å². The zero-order chi connectivity index (χ0) is 25.6. The number of hydrogen-bond donors (Lipinski definition) is 0.